The number of carbonyl (C=O) groups excluding carboxylic acids is 2. The Kier molecular flexibility index (Phi) is 7.09. The van der Waals surface area contributed by atoms with E-state index in [2.05, 4.69) is 23.5 Å². The topological polar surface area (TPSA) is 144 Å². The van der Waals surface area contributed by atoms with Crippen LogP contribution in [0, 0.1) is 0 Å². The van der Waals surface area contributed by atoms with E-state index in [1.165, 1.54) is 12.1 Å². The molecule has 3 N–H and O–H groups in total. The van der Waals surface area contributed by atoms with Gasteiger partial charge in [0.05, 0.1) is 5.69 Å². The van der Waals surface area contributed by atoms with Crippen LogP contribution in [0.2, 0.25) is 0 Å². The van der Waals surface area contributed by atoms with Gasteiger partial charge in [0, 0.05) is 30.3 Å². The number of hydrogen-bond donors (Lipinski definition) is 3. The van der Waals surface area contributed by atoms with Crippen molar-refractivity contribution in [3.8, 4) is 0 Å². The van der Waals surface area contributed by atoms with Crippen molar-refractivity contribution in [3.05, 3.63) is 35.5 Å². The molecule has 0 bridgehead atoms. The number of H-pyrrole nitrogens is 1. The molecular weight excluding hydrogens is 419 g/mol. The standard InChI is InChI=1S/C16H18F2NO9P/c1-9(20)25-7-27-29(24,28-8-26-10(2)21)16(17,18)12-3-4-13-11(5-12)6-14(19-13)15(22)23/h3-6,15,19,22-23H,7-8H2,1-2H3. The van der Waals surface area contributed by atoms with E-state index in [1.54, 1.807) is 0 Å². The molecule has 160 valence electrons. The zero-order valence-corrected chi connectivity index (χ0v) is 16.2. The van der Waals surface area contributed by atoms with Gasteiger partial charge in [-0.05, 0) is 18.2 Å². The molecule has 2 rings (SSSR count). The van der Waals surface area contributed by atoms with Gasteiger partial charge < -0.3 is 24.7 Å². The molecule has 1 aromatic carbocycles. The van der Waals surface area contributed by atoms with Crippen molar-refractivity contribution < 1.29 is 51.7 Å². The van der Waals surface area contributed by atoms with Crippen LogP contribution < -0.4 is 0 Å². The lowest BCUT2D eigenvalue weighted by Crippen LogP contribution is -2.20. The van der Waals surface area contributed by atoms with E-state index in [-0.39, 0.29) is 11.1 Å². The molecule has 0 fully saturated rings. The second-order valence-electron chi connectivity index (χ2n) is 5.70. The highest BCUT2D eigenvalue weighted by atomic mass is 31.2. The minimum Gasteiger partial charge on any atom is -0.438 e. The number of aliphatic hydroxyl groups excluding tert-OH is 1. The number of rotatable bonds is 9. The van der Waals surface area contributed by atoms with Crippen LogP contribution in [-0.4, -0.2) is 40.7 Å². The number of alkyl halides is 2. The van der Waals surface area contributed by atoms with E-state index >= 15 is 8.78 Å². The summed E-state index contributed by atoms with van der Waals surface area (Å²) in [4.78, 5) is 24.3. The molecule has 13 heteroatoms. The number of aliphatic hydroxyl groups is 2. The van der Waals surface area contributed by atoms with E-state index in [1.807, 2.05) is 0 Å². The molecule has 0 saturated carbocycles. The number of benzene rings is 1. The maximum Gasteiger partial charge on any atom is 0.410 e. The zero-order chi connectivity index (χ0) is 21.8. The third kappa shape index (κ3) is 5.37. The first-order valence-corrected chi connectivity index (χ1v) is 9.53. The highest BCUT2D eigenvalue weighted by Gasteiger charge is 2.55. The Labute approximate surface area is 162 Å². The van der Waals surface area contributed by atoms with Gasteiger partial charge in [0.2, 0.25) is 13.6 Å². The van der Waals surface area contributed by atoms with Crippen LogP contribution in [0.15, 0.2) is 24.3 Å². The lowest BCUT2D eigenvalue weighted by molar-refractivity contribution is -0.151. The second kappa shape index (κ2) is 8.97. The van der Waals surface area contributed by atoms with Gasteiger partial charge in [-0.1, -0.05) is 6.07 Å². The van der Waals surface area contributed by atoms with Crippen LogP contribution in [0.25, 0.3) is 10.9 Å². The quantitative estimate of drug-likeness (QED) is 0.306. The summed E-state index contributed by atoms with van der Waals surface area (Å²) in [5.41, 5.74) is -4.77. The molecule has 0 amide bonds. The largest absolute Gasteiger partial charge is 0.438 e. The van der Waals surface area contributed by atoms with Gasteiger partial charge in [-0.3, -0.25) is 23.2 Å². The summed E-state index contributed by atoms with van der Waals surface area (Å²) in [5, 5.41) is 18.5. The van der Waals surface area contributed by atoms with Gasteiger partial charge in [0.25, 0.3) is 0 Å². The average molecular weight is 437 g/mol. The van der Waals surface area contributed by atoms with Crippen molar-refractivity contribution in [1.82, 2.24) is 4.98 Å². The summed E-state index contributed by atoms with van der Waals surface area (Å²) < 4.78 is 60.7. The summed E-state index contributed by atoms with van der Waals surface area (Å²) in [6.07, 6.45) is -1.85. The second-order valence-corrected chi connectivity index (χ2v) is 7.78. The number of esters is 2. The number of hydrogen-bond acceptors (Lipinski definition) is 9. The van der Waals surface area contributed by atoms with E-state index < -0.39 is 50.6 Å². The van der Waals surface area contributed by atoms with E-state index in [0.717, 1.165) is 26.0 Å². The van der Waals surface area contributed by atoms with Crippen LogP contribution in [0.1, 0.15) is 31.4 Å². The molecule has 0 radical (unpaired) electrons. The highest BCUT2D eigenvalue weighted by Crippen LogP contribution is 2.67. The first-order valence-electron chi connectivity index (χ1n) is 7.99. The van der Waals surface area contributed by atoms with Crippen molar-refractivity contribution >= 4 is 30.4 Å². The molecule has 1 aromatic heterocycles. The molecule has 0 unspecified atom stereocenters. The molecule has 2 aromatic rings. The molecule has 0 saturated heterocycles. The van der Waals surface area contributed by atoms with E-state index in [4.69, 9.17) is 0 Å². The Morgan fingerprint density at radius 1 is 1.10 bits per heavy atom. The number of fused-ring (bicyclic) bond motifs is 1. The molecular formula is C16H18F2NO9P. The van der Waals surface area contributed by atoms with E-state index in [9.17, 15) is 24.4 Å². The van der Waals surface area contributed by atoms with Crippen LogP contribution in [0.5, 0.6) is 0 Å². The fourth-order valence-corrected chi connectivity index (χ4v) is 3.43. The Morgan fingerprint density at radius 3 is 2.14 bits per heavy atom. The third-order valence-electron chi connectivity index (χ3n) is 3.58. The van der Waals surface area contributed by atoms with Crippen molar-refractivity contribution in [3.63, 3.8) is 0 Å². The Hall–Kier alpha value is -2.37. The normalized spacial score (nSPS) is 12.4. The number of ether oxygens (including phenoxy) is 2. The van der Waals surface area contributed by atoms with Crippen LogP contribution >= 0.6 is 7.60 Å². The van der Waals surface area contributed by atoms with Gasteiger partial charge >= 0.3 is 25.2 Å². The molecule has 10 nitrogen and oxygen atoms in total. The SMILES string of the molecule is CC(=O)OCOP(=O)(OCOC(C)=O)C(F)(F)c1ccc2[nH]c(C(O)O)cc2c1. The maximum atomic E-state index is 15.0. The van der Waals surface area contributed by atoms with Crippen molar-refractivity contribution in [2.75, 3.05) is 13.6 Å². The van der Waals surface area contributed by atoms with Crippen LogP contribution in [0.4, 0.5) is 8.78 Å². The Balaban J connectivity index is 2.37. The van der Waals surface area contributed by atoms with Gasteiger partial charge in [-0.25, -0.2) is 0 Å². The summed E-state index contributed by atoms with van der Waals surface area (Å²) in [6, 6.07) is 4.27. The minimum absolute atomic E-state index is 0.0409. The number of carbonyl (C=O) groups is 2. The fourth-order valence-electron chi connectivity index (χ4n) is 2.20. The van der Waals surface area contributed by atoms with Crippen molar-refractivity contribution in [2.24, 2.45) is 0 Å². The third-order valence-corrected chi connectivity index (χ3v) is 5.42. The van der Waals surface area contributed by atoms with Crippen LogP contribution in [-0.2, 0) is 38.3 Å². The lowest BCUT2D eigenvalue weighted by Gasteiger charge is -2.26. The molecule has 0 atom stereocenters. The monoisotopic (exact) mass is 437 g/mol. The molecule has 0 aliphatic heterocycles. The molecule has 1 heterocycles. The molecule has 29 heavy (non-hydrogen) atoms. The Bertz CT molecular complexity index is 920. The Morgan fingerprint density at radius 2 is 1.66 bits per heavy atom. The van der Waals surface area contributed by atoms with Crippen molar-refractivity contribution in [1.29, 1.82) is 0 Å². The summed E-state index contributed by atoms with van der Waals surface area (Å²) in [6.45, 7) is -0.205. The zero-order valence-electron chi connectivity index (χ0n) is 15.3. The summed E-state index contributed by atoms with van der Waals surface area (Å²) in [5.74, 6) is -1.74. The van der Waals surface area contributed by atoms with Gasteiger partial charge in [0.15, 0.2) is 6.29 Å². The van der Waals surface area contributed by atoms with Crippen LogP contribution in [0.3, 0.4) is 0 Å². The van der Waals surface area contributed by atoms with Gasteiger partial charge in [-0.15, -0.1) is 0 Å². The number of aromatic amines is 1. The lowest BCUT2D eigenvalue weighted by atomic mass is 10.1. The first-order chi connectivity index (χ1) is 13.5. The van der Waals surface area contributed by atoms with Gasteiger partial charge in [0.1, 0.15) is 0 Å². The molecule has 0 spiro atoms. The number of halogens is 2. The molecule has 0 aliphatic carbocycles. The fraction of sp³-hybridized carbons (Fsp3) is 0.375. The summed E-state index contributed by atoms with van der Waals surface area (Å²) in [7, 11) is -5.34. The maximum absolute atomic E-state index is 15.0. The predicted octanol–water partition coefficient (Wildman–Crippen LogP) is 2.47. The number of aromatic nitrogens is 1. The van der Waals surface area contributed by atoms with Crippen molar-refractivity contribution in [2.45, 2.75) is 25.8 Å². The number of nitrogens with one attached hydrogen (secondary N) is 1. The predicted molar refractivity (Wildman–Crippen MR) is 92.4 cm³/mol. The average Bonchev–Trinajstić information content (AvgIpc) is 3.04. The summed E-state index contributed by atoms with van der Waals surface area (Å²) >= 11 is 0. The smallest absolute Gasteiger partial charge is 0.410 e. The first kappa shape index (κ1) is 22.9. The van der Waals surface area contributed by atoms with E-state index in [0.29, 0.717) is 5.52 Å². The molecule has 0 aliphatic rings. The highest BCUT2D eigenvalue weighted by molar-refractivity contribution is 7.54. The minimum atomic E-state index is -5.34. The van der Waals surface area contributed by atoms with Gasteiger partial charge in [-0.2, -0.15) is 8.78 Å².